The molecule has 1 heterocycles. The Morgan fingerprint density at radius 3 is 2.65 bits per heavy atom. The van der Waals surface area contributed by atoms with Crippen LogP contribution >= 0.6 is 0 Å². The highest BCUT2D eigenvalue weighted by molar-refractivity contribution is 6.06. The van der Waals surface area contributed by atoms with Crippen LogP contribution in [-0.2, 0) is 4.79 Å². The number of hydrogen-bond donors (Lipinski definition) is 3. The van der Waals surface area contributed by atoms with Gasteiger partial charge in [0, 0.05) is 12.6 Å². The van der Waals surface area contributed by atoms with E-state index in [0.29, 0.717) is 12.8 Å². The molecule has 6 nitrogen and oxygen atoms in total. The second-order valence-electron chi connectivity index (χ2n) is 6.20. The van der Waals surface area contributed by atoms with Gasteiger partial charge in [-0.2, -0.15) is 0 Å². The van der Waals surface area contributed by atoms with Gasteiger partial charge in [0.2, 0.25) is 5.91 Å². The first-order valence-corrected chi connectivity index (χ1v) is 7.56. The summed E-state index contributed by atoms with van der Waals surface area (Å²) in [5.41, 5.74) is 5.04. The summed E-state index contributed by atoms with van der Waals surface area (Å²) in [6.07, 6.45) is 6.47. The second-order valence-corrected chi connectivity index (χ2v) is 6.20. The summed E-state index contributed by atoms with van der Waals surface area (Å²) in [5.74, 6) is 0.00617. The highest BCUT2D eigenvalue weighted by Crippen LogP contribution is 2.37. The maximum Gasteiger partial charge on any atom is 0.234 e. The third-order valence-corrected chi connectivity index (χ3v) is 4.70. The van der Waals surface area contributed by atoms with Gasteiger partial charge in [-0.1, -0.05) is 24.4 Å². The fourth-order valence-corrected chi connectivity index (χ4v) is 3.46. The van der Waals surface area contributed by atoms with E-state index in [-0.39, 0.29) is 17.8 Å². The molecule has 2 fully saturated rings. The highest BCUT2D eigenvalue weighted by Gasteiger charge is 2.44. The lowest BCUT2D eigenvalue weighted by Crippen LogP contribution is -2.55. The van der Waals surface area contributed by atoms with Crippen molar-refractivity contribution in [2.24, 2.45) is 16.3 Å². The van der Waals surface area contributed by atoms with Gasteiger partial charge in [0.25, 0.3) is 0 Å². The SMILES string of the molecule is CN1CCCC(NC(=O)C2(C(N)=NO)CCCCC2)C1. The van der Waals surface area contributed by atoms with Gasteiger partial charge in [-0.25, -0.2) is 0 Å². The normalized spacial score (nSPS) is 28.1. The minimum absolute atomic E-state index is 0.0622. The van der Waals surface area contributed by atoms with Crippen molar-refractivity contribution in [2.45, 2.75) is 51.0 Å². The molecular weight excluding hydrogens is 256 g/mol. The van der Waals surface area contributed by atoms with Crippen molar-refractivity contribution in [3.8, 4) is 0 Å². The standard InChI is InChI=1S/C14H26N4O2/c1-18-9-5-6-11(10-18)16-13(19)14(12(15)17-20)7-3-2-4-8-14/h11,20H,2-10H2,1H3,(H2,15,17)(H,16,19). The van der Waals surface area contributed by atoms with Crippen LogP contribution in [0.15, 0.2) is 5.16 Å². The van der Waals surface area contributed by atoms with Gasteiger partial charge < -0.3 is 21.2 Å². The number of oxime groups is 1. The Labute approximate surface area is 120 Å². The van der Waals surface area contributed by atoms with Crippen LogP contribution in [0.25, 0.3) is 0 Å². The zero-order chi connectivity index (χ0) is 14.6. The van der Waals surface area contributed by atoms with Gasteiger partial charge in [0.1, 0.15) is 5.41 Å². The number of likely N-dealkylation sites (N-methyl/N-ethyl adjacent to an activating group) is 1. The van der Waals surface area contributed by atoms with Crippen LogP contribution in [0.1, 0.15) is 44.9 Å². The van der Waals surface area contributed by atoms with Crippen LogP contribution < -0.4 is 11.1 Å². The molecule has 2 rings (SSSR count). The van der Waals surface area contributed by atoms with Crippen molar-refractivity contribution in [3.63, 3.8) is 0 Å². The third kappa shape index (κ3) is 3.06. The number of amides is 1. The molecule has 1 saturated heterocycles. The predicted octanol–water partition coefficient (Wildman–Crippen LogP) is 0.894. The number of piperidine rings is 1. The van der Waals surface area contributed by atoms with E-state index >= 15 is 0 Å². The molecule has 4 N–H and O–H groups in total. The quantitative estimate of drug-likeness (QED) is 0.310. The van der Waals surface area contributed by atoms with E-state index < -0.39 is 5.41 Å². The Kier molecular flexibility index (Phi) is 4.86. The average Bonchev–Trinajstić information content (AvgIpc) is 2.47. The van der Waals surface area contributed by atoms with Gasteiger partial charge in [-0.15, -0.1) is 0 Å². The molecular formula is C14H26N4O2. The molecule has 1 unspecified atom stereocenters. The van der Waals surface area contributed by atoms with Crippen molar-refractivity contribution >= 4 is 11.7 Å². The highest BCUT2D eigenvalue weighted by atomic mass is 16.4. The number of nitrogens with two attached hydrogens (primary N) is 1. The van der Waals surface area contributed by atoms with E-state index in [0.717, 1.165) is 45.2 Å². The van der Waals surface area contributed by atoms with Crippen molar-refractivity contribution in [1.29, 1.82) is 0 Å². The third-order valence-electron chi connectivity index (χ3n) is 4.70. The lowest BCUT2D eigenvalue weighted by atomic mass is 9.72. The summed E-state index contributed by atoms with van der Waals surface area (Å²) in [6, 6.07) is 0.173. The monoisotopic (exact) mass is 282 g/mol. The molecule has 1 atom stereocenters. The number of rotatable bonds is 3. The smallest absolute Gasteiger partial charge is 0.234 e. The van der Waals surface area contributed by atoms with Crippen molar-refractivity contribution in [2.75, 3.05) is 20.1 Å². The average molecular weight is 282 g/mol. The molecule has 0 radical (unpaired) electrons. The molecule has 2 aliphatic rings. The second kappa shape index (κ2) is 6.43. The van der Waals surface area contributed by atoms with Crippen LogP contribution in [0, 0.1) is 5.41 Å². The molecule has 0 bridgehead atoms. The summed E-state index contributed by atoms with van der Waals surface area (Å²) >= 11 is 0. The minimum Gasteiger partial charge on any atom is -0.409 e. The molecule has 0 aromatic rings. The van der Waals surface area contributed by atoms with Crippen LogP contribution in [0.4, 0.5) is 0 Å². The number of nitrogens with one attached hydrogen (secondary N) is 1. The van der Waals surface area contributed by atoms with E-state index in [4.69, 9.17) is 10.9 Å². The van der Waals surface area contributed by atoms with E-state index in [1.165, 1.54) is 0 Å². The van der Waals surface area contributed by atoms with Crippen molar-refractivity contribution in [3.05, 3.63) is 0 Å². The largest absolute Gasteiger partial charge is 0.409 e. The van der Waals surface area contributed by atoms with Gasteiger partial charge >= 0.3 is 0 Å². The zero-order valence-corrected chi connectivity index (χ0v) is 12.3. The molecule has 1 amide bonds. The minimum atomic E-state index is -0.803. The topological polar surface area (TPSA) is 91.0 Å². The fraction of sp³-hybridized carbons (Fsp3) is 0.857. The molecule has 1 aliphatic heterocycles. The Morgan fingerprint density at radius 1 is 1.35 bits per heavy atom. The van der Waals surface area contributed by atoms with Gasteiger partial charge in [0.05, 0.1) is 0 Å². The molecule has 114 valence electrons. The number of carbonyl (C=O) groups excluding carboxylic acids is 1. The lowest BCUT2D eigenvalue weighted by Gasteiger charge is -2.37. The number of hydrogen-bond acceptors (Lipinski definition) is 4. The number of nitrogens with zero attached hydrogens (tertiary/aromatic N) is 2. The summed E-state index contributed by atoms with van der Waals surface area (Å²) in [5, 5.41) is 15.3. The van der Waals surface area contributed by atoms with E-state index in [1.807, 2.05) is 0 Å². The Balaban J connectivity index is 2.07. The first kappa shape index (κ1) is 15.1. The van der Waals surface area contributed by atoms with Crippen molar-refractivity contribution < 1.29 is 10.0 Å². The molecule has 1 aliphatic carbocycles. The molecule has 0 aromatic heterocycles. The lowest BCUT2D eigenvalue weighted by molar-refractivity contribution is -0.130. The first-order chi connectivity index (χ1) is 9.58. The first-order valence-electron chi connectivity index (χ1n) is 7.56. The summed E-state index contributed by atoms with van der Waals surface area (Å²) in [7, 11) is 2.07. The summed E-state index contributed by atoms with van der Waals surface area (Å²) in [6.45, 7) is 1.95. The van der Waals surface area contributed by atoms with Crippen LogP contribution in [0.2, 0.25) is 0 Å². The molecule has 20 heavy (non-hydrogen) atoms. The van der Waals surface area contributed by atoms with Gasteiger partial charge in [0.15, 0.2) is 5.84 Å². The summed E-state index contributed by atoms with van der Waals surface area (Å²) in [4.78, 5) is 14.9. The van der Waals surface area contributed by atoms with Crippen LogP contribution in [-0.4, -0.2) is 48.0 Å². The predicted molar refractivity (Wildman–Crippen MR) is 77.6 cm³/mol. The summed E-state index contributed by atoms with van der Waals surface area (Å²) < 4.78 is 0. The van der Waals surface area contributed by atoms with E-state index in [2.05, 4.69) is 22.4 Å². The van der Waals surface area contributed by atoms with Gasteiger partial charge in [-0.3, -0.25) is 4.79 Å². The molecule has 6 heteroatoms. The molecule has 0 aromatic carbocycles. The van der Waals surface area contributed by atoms with Crippen LogP contribution in [0.3, 0.4) is 0 Å². The Hall–Kier alpha value is -1.30. The Morgan fingerprint density at radius 2 is 2.05 bits per heavy atom. The van der Waals surface area contributed by atoms with Crippen molar-refractivity contribution in [1.82, 2.24) is 10.2 Å². The maximum absolute atomic E-state index is 12.7. The van der Waals surface area contributed by atoms with Crippen LogP contribution in [0.5, 0.6) is 0 Å². The number of likely N-dealkylation sites (tertiary alicyclic amines) is 1. The Bertz CT molecular complexity index is 377. The van der Waals surface area contributed by atoms with Gasteiger partial charge in [-0.05, 0) is 39.3 Å². The number of carbonyl (C=O) groups is 1. The maximum atomic E-state index is 12.7. The fourth-order valence-electron chi connectivity index (χ4n) is 3.46. The zero-order valence-electron chi connectivity index (χ0n) is 12.3. The van der Waals surface area contributed by atoms with E-state index in [9.17, 15) is 4.79 Å². The molecule has 0 spiro atoms. The number of amidine groups is 1. The van der Waals surface area contributed by atoms with E-state index in [1.54, 1.807) is 0 Å². The molecule has 1 saturated carbocycles.